The molecule has 3 heterocycles. The van der Waals surface area contributed by atoms with Crippen molar-refractivity contribution < 1.29 is 4.74 Å². The molecule has 0 bridgehead atoms. The maximum Gasteiger partial charge on any atom is 0.279 e. The van der Waals surface area contributed by atoms with Crippen LogP contribution in [0.3, 0.4) is 0 Å². The first-order valence-electron chi connectivity index (χ1n) is 5.68. The number of nitrogen functional groups attached to an aromatic ring is 1. The molecule has 2 aromatic rings. The molecule has 0 atom stereocenters. The van der Waals surface area contributed by atoms with Gasteiger partial charge in [-0.25, -0.2) is 9.50 Å². The number of ether oxygens (including phenoxy) is 1. The number of nitrogens with one attached hydrogen (secondary N) is 1. The lowest BCUT2D eigenvalue weighted by molar-refractivity contribution is 0.0832. The normalized spacial score (nSPS) is 17.4. The highest BCUT2D eigenvalue weighted by molar-refractivity contribution is 14.1. The van der Waals surface area contributed by atoms with Crippen LogP contribution in [0.4, 0.5) is 5.95 Å². The third kappa shape index (κ3) is 1.88. The van der Waals surface area contributed by atoms with Crippen molar-refractivity contribution in [2.75, 3.05) is 18.9 Å². The molecular weight excluding hydrogens is 349 g/mol. The Morgan fingerprint density at radius 2 is 2.17 bits per heavy atom. The van der Waals surface area contributed by atoms with Crippen molar-refractivity contribution in [2.24, 2.45) is 0 Å². The van der Waals surface area contributed by atoms with Crippen LogP contribution in [0.2, 0.25) is 0 Å². The van der Waals surface area contributed by atoms with Crippen LogP contribution in [0.15, 0.2) is 4.79 Å². The molecule has 0 spiro atoms. The number of nitrogens with two attached hydrogens (primary N) is 1. The molecule has 1 aliphatic heterocycles. The summed E-state index contributed by atoms with van der Waals surface area (Å²) in [6.07, 6.45) is 1.78. The van der Waals surface area contributed by atoms with Crippen LogP contribution in [-0.4, -0.2) is 32.8 Å². The van der Waals surface area contributed by atoms with Gasteiger partial charge in [0.15, 0.2) is 5.52 Å². The molecule has 3 N–H and O–H groups in total. The van der Waals surface area contributed by atoms with Crippen LogP contribution in [0.1, 0.15) is 24.6 Å². The Morgan fingerprint density at radius 1 is 1.44 bits per heavy atom. The quantitative estimate of drug-likeness (QED) is 0.721. The van der Waals surface area contributed by atoms with Crippen LogP contribution < -0.4 is 11.3 Å². The Balaban J connectivity index is 2.20. The molecule has 1 saturated heterocycles. The average molecular weight is 361 g/mol. The molecule has 0 amide bonds. The van der Waals surface area contributed by atoms with Gasteiger partial charge in [-0.1, -0.05) is 0 Å². The number of hydrogen-bond donors (Lipinski definition) is 2. The van der Waals surface area contributed by atoms with Gasteiger partial charge in [-0.2, -0.15) is 0 Å². The first-order valence-corrected chi connectivity index (χ1v) is 6.76. The van der Waals surface area contributed by atoms with Gasteiger partial charge in [-0.05, 0) is 35.4 Å². The van der Waals surface area contributed by atoms with E-state index in [1.807, 2.05) is 22.6 Å². The molecular formula is C10H12IN5O2. The van der Waals surface area contributed by atoms with Gasteiger partial charge < -0.3 is 10.5 Å². The Hall–Kier alpha value is -1.16. The number of anilines is 1. The van der Waals surface area contributed by atoms with E-state index in [2.05, 4.69) is 15.1 Å². The molecule has 1 fully saturated rings. The van der Waals surface area contributed by atoms with Crippen molar-refractivity contribution in [3.63, 3.8) is 0 Å². The number of halogens is 1. The third-order valence-corrected chi connectivity index (χ3v) is 3.84. The summed E-state index contributed by atoms with van der Waals surface area (Å²) < 4.78 is 7.57. The number of nitrogens with zero attached hydrogens (tertiary/aromatic N) is 3. The zero-order chi connectivity index (χ0) is 12.7. The minimum absolute atomic E-state index is 0.106. The fourth-order valence-electron chi connectivity index (χ4n) is 2.22. The molecule has 1 aliphatic rings. The Labute approximate surface area is 116 Å². The van der Waals surface area contributed by atoms with E-state index in [9.17, 15) is 4.79 Å². The minimum atomic E-state index is -0.252. The molecule has 18 heavy (non-hydrogen) atoms. The van der Waals surface area contributed by atoms with Crippen LogP contribution in [0.5, 0.6) is 0 Å². The van der Waals surface area contributed by atoms with Crippen molar-refractivity contribution in [1.29, 1.82) is 0 Å². The standard InChI is InChI=1S/C10H12IN5O2/c11-7-6-9(17)14-10(12)15-16(6)8(13-7)5-1-3-18-4-2-5/h5H,1-4H2,(H3,12,14,15,17). The first-order chi connectivity index (χ1) is 8.66. The van der Waals surface area contributed by atoms with Gasteiger partial charge in [-0.15, -0.1) is 5.10 Å². The number of rotatable bonds is 1. The van der Waals surface area contributed by atoms with E-state index in [1.54, 1.807) is 4.52 Å². The smallest absolute Gasteiger partial charge is 0.279 e. The lowest BCUT2D eigenvalue weighted by Crippen LogP contribution is -2.20. The van der Waals surface area contributed by atoms with Crippen molar-refractivity contribution in [2.45, 2.75) is 18.8 Å². The van der Waals surface area contributed by atoms with Crippen LogP contribution >= 0.6 is 22.6 Å². The van der Waals surface area contributed by atoms with Crippen LogP contribution in [-0.2, 0) is 4.74 Å². The number of imidazole rings is 1. The fourth-order valence-corrected chi connectivity index (χ4v) is 2.94. The van der Waals surface area contributed by atoms with Gasteiger partial charge in [0.05, 0.1) is 0 Å². The summed E-state index contributed by atoms with van der Waals surface area (Å²) in [7, 11) is 0. The summed E-state index contributed by atoms with van der Waals surface area (Å²) in [5, 5.41) is 4.16. The highest BCUT2D eigenvalue weighted by Gasteiger charge is 2.24. The summed E-state index contributed by atoms with van der Waals surface area (Å²) >= 11 is 2.05. The maximum absolute atomic E-state index is 11.9. The molecule has 8 heteroatoms. The number of hydrogen-bond acceptors (Lipinski definition) is 5. The predicted octanol–water partition coefficient (Wildman–Crippen LogP) is 0.498. The first kappa shape index (κ1) is 11.9. The summed E-state index contributed by atoms with van der Waals surface area (Å²) in [5.41, 5.74) is 5.80. The van der Waals surface area contributed by atoms with E-state index in [4.69, 9.17) is 10.5 Å². The number of aromatic amines is 1. The van der Waals surface area contributed by atoms with E-state index in [0.29, 0.717) is 9.22 Å². The van der Waals surface area contributed by atoms with E-state index in [1.165, 1.54) is 0 Å². The van der Waals surface area contributed by atoms with Crippen LogP contribution in [0.25, 0.3) is 5.52 Å². The molecule has 7 nitrogen and oxygen atoms in total. The lowest BCUT2D eigenvalue weighted by atomic mass is 10.00. The Morgan fingerprint density at radius 3 is 2.89 bits per heavy atom. The summed E-state index contributed by atoms with van der Waals surface area (Å²) in [5.74, 6) is 1.17. The van der Waals surface area contributed by atoms with E-state index in [-0.39, 0.29) is 17.4 Å². The van der Waals surface area contributed by atoms with E-state index < -0.39 is 0 Å². The molecule has 0 unspecified atom stereocenters. The number of H-pyrrole nitrogens is 1. The van der Waals surface area contributed by atoms with Gasteiger partial charge in [0.1, 0.15) is 9.53 Å². The monoisotopic (exact) mass is 361 g/mol. The van der Waals surface area contributed by atoms with Gasteiger partial charge in [0.2, 0.25) is 5.95 Å². The van der Waals surface area contributed by atoms with Crippen molar-refractivity contribution >= 4 is 34.1 Å². The number of aromatic nitrogens is 4. The molecule has 0 aromatic carbocycles. The Kier molecular flexibility index (Phi) is 2.98. The van der Waals surface area contributed by atoms with Crippen molar-refractivity contribution in [3.8, 4) is 0 Å². The third-order valence-electron chi connectivity index (χ3n) is 3.09. The Bertz CT molecular complexity index is 643. The van der Waals surface area contributed by atoms with Gasteiger partial charge in [0.25, 0.3) is 5.56 Å². The SMILES string of the molecule is Nc1nn2c(C3CCOCC3)nc(I)c2c(=O)[nH]1. The molecule has 0 radical (unpaired) electrons. The zero-order valence-corrected chi connectivity index (χ0v) is 11.7. The number of fused-ring (bicyclic) bond motifs is 1. The van der Waals surface area contributed by atoms with Crippen molar-refractivity contribution in [3.05, 3.63) is 19.9 Å². The van der Waals surface area contributed by atoms with Gasteiger partial charge in [0, 0.05) is 19.1 Å². The molecule has 3 rings (SSSR count). The average Bonchev–Trinajstić information content (AvgIpc) is 2.67. The van der Waals surface area contributed by atoms with Crippen LogP contribution in [0, 0.1) is 3.70 Å². The predicted molar refractivity (Wildman–Crippen MR) is 73.5 cm³/mol. The zero-order valence-electron chi connectivity index (χ0n) is 9.52. The van der Waals surface area contributed by atoms with Gasteiger partial charge >= 0.3 is 0 Å². The summed E-state index contributed by atoms with van der Waals surface area (Å²) in [4.78, 5) is 18.8. The maximum atomic E-state index is 11.9. The summed E-state index contributed by atoms with van der Waals surface area (Å²) in [6, 6.07) is 0. The van der Waals surface area contributed by atoms with E-state index >= 15 is 0 Å². The highest BCUT2D eigenvalue weighted by Crippen LogP contribution is 2.27. The summed E-state index contributed by atoms with van der Waals surface area (Å²) in [6.45, 7) is 1.43. The van der Waals surface area contributed by atoms with Crippen molar-refractivity contribution in [1.82, 2.24) is 19.6 Å². The largest absolute Gasteiger partial charge is 0.381 e. The molecule has 0 saturated carbocycles. The highest BCUT2D eigenvalue weighted by atomic mass is 127. The van der Waals surface area contributed by atoms with Gasteiger partial charge in [-0.3, -0.25) is 9.78 Å². The molecule has 96 valence electrons. The second-order valence-electron chi connectivity index (χ2n) is 4.25. The topological polar surface area (TPSA) is 98.3 Å². The lowest BCUT2D eigenvalue weighted by Gasteiger charge is -2.20. The second kappa shape index (κ2) is 4.50. The molecule has 0 aliphatic carbocycles. The minimum Gasteiger partial charge on any atom is -0.381 e. The molecule has 2 aromatic heterocycles. The fraction of sp³-hybridized carbons (Fsp3) is 0.500. The van der Waals surface area contributed by atoms with E-state index in [0.717, 1.165) is 31.9 Å². The second-order valence-corrected chi connectivity index (χ2v) is 5.27.